The monoisotopic (exact) mass is 306 g/mol. The minimum atomic E-state index is 1.20. The zero-order valence-electron chi connectivity index (χ0n) is 3.33. The van der Waals surface area contributed by atoms with Crippen LogP contribution in [0.25, 0.3) is 0 Å². The molecular formula is C4H4I2. The summed E-state index contributed by atoms with van der Waals surface area (Å²) in [7, 11) is 0. The van der Waals surface area contributed by atoms with Gasteiger partial charge in [-0.3, -0.25) is 0 Å². The first-order valence-corrected chi connectivity index (χ1v) is 3.77. The second kappa shape index (κ2) is 4.15. The molecule has 34 valence electrons. The Labute approximate surface area is 65.0 Å². The van der Waals surface area contributed by atoms with Crippen LogP contribution >= 0.6 is 45.2 Å². The highest BCUT2D eigenvalue weighted by atomic mass is 127. The molecule has 0 atom stereocenters. The van der Waals surface area contributed by atoms with Gasteiger partial charge in [-0.25, -0.2) is 0 Å². The summed E-state index contributed by atoms with van der Waals surface area (Å²) in [5.41, 5.74) is 2.97. The summed E-state index contributed by atoms with van der Waals surface area (Å²) >= 11 is 4.35. The molecule has 0 N–H and O–H groups in total. The summed E-state index contributed by atoms with van der Waals surface area (Å²) in [6.45, 7) is 2.01. The fourth-order valence-electron chi connectivity index (χ4n) is 0.0752. The maximum absolute atomic E-state index is 2.97. The molecular weight excluding hydrogens is 302 g/mol. The first kappa shape index (κ1) is 6.98. The van der Waals surface area contributed by atoms with Gasteiger partial charge < -0.3 is 0 Å². The minimum absolute atomic E-state index is 1.20. The average Bonchev–Trinajstić information content (AvgIpc) is 1.35. The zero-order chi connectivity index (χ0) is 4.99. The number of hydrogen-bond acceptors (Lipinski definition) is 0. The highest BCUT2D eigenvalue weighted by molar-refractivity contribution is 14.1. The Morgan fingerprint density at radius 1 is 1.83 bits per heavy atom. The van der Waals surface area contributed by atoms with E-state index < -0.39 is 0 Å². The first-order chi connectivity index (χ1) is 2.77. The molecule has 0 aromatic rings. The van der Waals surface area contributed by atoms with E-state index in [-0.39, 0.29) is 0 Å². The third-order valence-electron chi connectivity index (χ3n) is 0.253. The third kappa shape index (κ3) is 4.98. The molecule has 0 nitrogen and oxygen atoms in total. The molecule has 0 heterocycles. The molecule has 0 aliphatic carbocycles. The van der Waals surface area contributed by atoms with Gasteiger partial charge in [0.05, 0.1) is 0 Å². The maximum atomic E-state index is 2.97. The lowest BCUT2D eigenvalue weighted by molar-refractivity contribution is 1.75. The summed E-state index contributed by atoms with van der Waals surface area (Å²) < 4.78 is 3.07. The van der Waals surface area contributed by atoms with Crippen LogP contribution in [0.4, 0.5) is 0 Å². The van der Waals surface area contributed by atoms with Crippen molar-refractivity contribution in [2.45, 2.75) is 6.92 Å². The Bertz CT molecular complexity index is 83.7. The van der Waals surface area contributed by atoms with Crippen molar-refractivity contribution in [2.24, 2.45) is 0 Å². The Kier molecular flexibility index (Phi) is 4.82. The molecule has 0 aromatic heterocycles. The van der Waals surface area contributed by atoms with Gasteiger partial charge in [-0.1, -0.05) is 0 Å². The molecule has 0 unspecified atom stereocenters. The molecule has 6 heavy (non-hydrogen) atoms. The van der Waals surface area contributed by atoms with Gasteiger partial charge in [0.15, 0.2) is 0 Å². The van der Waals surface area contributed by atoms with E-state index in [1.165, 1.54) is 3.58 Å². The number of halogens is 2. The van der Waals surface area contributed by atoms with Crippen LogP contribution < -0.4 is 0 Å². The predicted molar refractivity (Wildman–Crippen MR) is 45.3 cm³/mol. The van der Waals surface area contributed by atoms with E-state index in [0.717, 1.165) is 0 Å². The van der Waals surface area contributed by atoms with Crippen LogP contribution in [0.1, 0.15) is 6.92 Å². The maximum Gasteiger partial charge on any atom is 0.0297 e. The normalized spacial score (nSPS) is 6.50. The average molecular weight is 306 g/mol. The zero-order valence-corrected chi connectivity index (χ0v) is 7.65. The van der Waals surface area contributed by atoms with Crippen LogP contribution in [0.3, 0.4) is 0 Å². The van der Waals surface area contributed by atoms with Gasteiger partial charge in [0.2, 0.25) is 0 Å². The lowest BCUT2D eigenvalue weighted by atomic mass is 10.7. The lowest BCUT2D eigenvalue weighted by Crippen LogP contribution is -1.39. The Hall–Kier alpha value is 0.980. The summed E-state index contributed by atoms with van der Waals surface area (Å²) in [6.07, 6.45) is 0. The van der Waals surface area contributed by atoms with Crippen molar-refractivity contribution < 1.29 is 0 Å². The Morgan fingerprint density at radius 3 is 2.33 bits per heavy atom. The molecule has 0 saturated carbocycles. The molecule has 2 heteroatoms. The lowest BCUT2D eigenvalue weighted by Gasteiger charge is -1.66. The van der Waals surface area contributed by atoms with Crippen molar-refractivity contribution in [3.8, 4) is 0 Å². The van der Waals surface area contributed by atoms with Gasteiger partial charge in [0.1, 0.15) is 0 Å². The van der Waals surface area contributed by atoms with E-state index in [2.05, 4.69) is 50.9 Å². The smallest absolute Gasteiger partial charge is 0.0297 e. The van der Waals surface area contributed by atoms with E-state index in [9.17, 15) is 0 Å². The fourth-order valence-corrected chi connectivity index (χ4v) is 1.29. The highest BCUT2D eigenvalue weighted by Crippen LogP contribution is 1.99. The quantitative estimate of drug-likeness (QED) is 0.477. The molecule has 0 spiro atoms. The van der Waals surface area contributed by atoms with Crippen molar-refractivity contribution in [2.75, 3.05) is 0 Å². The topological polar surface area (TPSA) is 0 Å². The number of allylic oxidation sites excluding steroid dienone is 1. The number of hydrogen-bond donors (Lipinski definition) is 0. The van der Waals surface area contributed by atoms with Crippen molar-refractivity contribution in [3.63, 3.8) is 0 Å². The van der Waals surface area contributed by atoms with Crippen LogP contribution in [0.5, 0.6) is 0 Å². The van der Waals surface area contributed by atoms with E-state index in [1.54, 1.807) is 0 Å². The molecule has 0 amide bonds. The van der Waals surface area contributed by atoms with Gasteiger partial charge in [-0.2, -0.15) is 0 Å². The minimum Gasteiger partial charge on any atom is -0.104 e. The summed E-state index contributed by atoms with van der Waals surface area (Å²) in [5.74, 6) is 0. The van der Waals surface area contributed by atoms with E-state index in [4.69, 9.17) is 0 Å². The molecule has 0 aromatic carbocycles. The highest BCUT2D eigenvalue weighted by Gasteiger charge is 1.63. The third-order valence-corrected chi connectivity index (χ3v) is 0.876. The van der Waals surface area contributed by atoms with E-state index in [1.807, 2.05) is 11.0 Å². The Balaban J connectivity index is 3.73. The van der Waals surface area contributed by atoms with E-state index in [0.29, 0.717) is 0 Å². The fraction of sp³-hybridized carbons (Fsp3) is 0.250. The van der Waals surface area contributed by atoms with Crippen LogP contribution in [0, 0.1) is 0 Å². The molecule has 0 bridgehead atoms. The number of rotatable bonds is 0. The van der Waals surface area contributed by atoms with Crippen LogP contribution in [0.15, 0.2) is 13.4 Å². The molecule has 0 aliphatic heterocycles. The molecule has 0 saturated heterocycles. The van der Waals surface area contributed by atoms with Gasteiger partial charge in [0, 0.05) is 7.66 Å². The SMILES string of the molecule is CC(I)=C=CI. The van der Waals surface area contributed by atoms with Gasteiger partial charge in [-0.05, 0) is 52.1 Å². The molecule has 0 aliphatic rings. The van der Waals surface area contributed by atoms with E-state index >= 15 is 0 Å². The largest absolute Gasteiger partial charge is 0.104 e. The van der Waals surface area contributed by atoms with Crippen LogP contribution in [-0.4, -0.2) is 0 Å². The summed E-state index contributed by atoms with van der Waals surface area (Å²) in [6, 6.07) is 0. The van der Waals surface area contributed by atoms with Crippen molar-refractivity contribution >= 4 is 45.2 Å². The van der Waals surface area contributed by atoms with Gasteiger partial charge in [0.25, 0.3) is 0 Å². The van der Waals surface area contributed by atoms with Crippen molar-refractivity contribution in [1.82, 2.24) is 0 Å². The second-order valence-corrected chi connectivity index (χ2v) is 3.03. The van der Waals surface area contributed by atoms with Crippen molar-refractivity contribution in [1.29, 1.82) is 0 Å². The summed E-state index contributed by atoms with van der Waals surface area (Å²) in [5, 5.41) is 0. The second-order valence-electron chi connectivity index (χ2n) is 0.787. The van der Waals surface area contributed by atoms with Crippen molar-refractivity contribution in [3.05, 3.63) is 13.4 Å². The Morgan fingerprint density at radius 2 is 2.33 bits per heavy atom. The van der Waals surface area contributed by atoms with Crippen LogP contribution in [0.2, 0.25) is 0 Å². The predicted octanol–water partition coefficient (Wildman–Crippen LogP) is 2.87. The molecule has 0 fully saturated rings. The first-order valence-electron chi connectivity index (χ1n) is 1.45. The van der Waals surface area contributed by atoms with Gasteiger partial charge >= 0.3 is 0 Å². The summed E-state index contributed by atoms with van der Waals surface area (Å²) in [4.78, 5) is 0. The standard InChI is InChI=1S/C4H4I2/c1-4(6)2-3-5/h3H,1H3. The van der Waals surface area contributed by atoms with Crippen LogP contribution in [-0.2, 0) is 0 Å². The molecule has 0 radical (unpaired) electrons. The van der Waals surface area contributed by atoms with Gasteiger partial charge in [-0.15, -0.1) is 5.73 Å². The molecule has 0 rings (SSSR count).